The van der Waals surface area contributed by atoms with Gasteiger partial charge in [-0.25, -0.2) is 19.6 Å². The van der Waals surface area contributed by atoms with Gasteiger partial charge in [0.25, 0.3) is 0 Å². The smallest absolute Gasteiger partial charge is 0.239 e. The van der Waals surface area contributed by atoms with Crippen molar-refractivity contribution in [1.29, 1.82) is 0 Å². The number of nitrogens with one attached hydrogen (secondary N) is 2. The molecule has 0 aliphatic heterocycles. The summed E-state index contributed by atoms with van der Waals surface area (Å²) in [6, 6.07) is 0.685. The van der Waals surface area contributed by atoms with Crippen LogP contribution < -0.4 is 21.5 Å². The van der Waals surface area contributed by atoms with Gasteiger partial charge in [-0.2, -0.15) is 0 Å². The van der Waals surface area contributed by atoms with E-state index in [2.05, 4.69) is 10.3 Å². The van der Waals surface area contributed by atoms with Crippen LogP contribution in [0.3, 0.4) is 0 Å². The van der Waals surface area contributed by atoms with Gasteiger partial charge in [0.05, 0.1) is 6.54 Å². The molecule has 0 saturated heterocycles. The Morgan fingerprint density at radius 1 is 1.47 bits per heavy atom. The number of nitrogens with two attached hydrogens (primary N) is 1. The average Bonchev–Trinajstić information content (AvgIpc) is 2.38. The molecule has 0 saturated carbocycles. The van der Waals surface area contributed by atoms with E-state index in [1.165, 1.54) is 11.9 Å². The molecule has 4 N–H and O–H groups in total. The fourth-order valence-electron chi connectivity index (χ4n) is 1.56. The van der Waals surface area contributed by atoms with E-state index in [1.54, 1.807) is 0 Å². The number of rotatable bonds is 6. The van der Waals surface area contributed by atoms with E-state index in [1.807, 2.05) is 12.3 Å². The Morgan fingerprint density at radius 3 is 2.68 bits per heavy atom. The van der Waals surface area contributed by atoms with Crippen molar-refractivity contribution in [3.63, 3.8) is 0 Å². The lowest BCUT2D eigenvalue weighted by Gasteiger charge is -2.23. The van der Waals surface area contributed by atoms with Crippen LogP contribution in [0.2, 0.25) is 0 Å². The molecule has 0 aromatic carbocycles. The van der Waals surface area contributed by atoms with E-state index < -0.39 is 11.6 Å². The lowest BCUT2D eigenvalue weighted by molar-refractivity contribution is -0.119. The molecule has 1 aromatic rings. The molecule has 1 heterocycles. The molecule has 0 bridgehead atoms. The SMILES string of the molecule is CCCN(CC(=O)NC)c1nc(NN)c(F)cc1F. The summed E-state index contributed by atoms with van der Waals surface area (Å²) < 4.78 is 27.0. The molecule has 0 aliphatic rings. The highest BCUT2D eigenvalue weighted by molar-refractivity contribution is 5.80. The largest absolute Gasteiger partial charge is 0.358 e. The van der Waals surface area contributed by atoms with E-state index in [0.717, 1.165) is 0 Å². The number of anilines is 2. The van der Waals surface area contributed by atoms with Crippen molar-refractivity contribution in [3.05, 3.63) is 17.7 Å². The number of hydrogen-bond donors (Lipinski definition) is 3. The number of likely N-dealkylation sites (N-methyl/N-ethyl adjacent to an activating group) is 1. The molecule has 1 amide bonds. The first kappa shape index (κ1) is 15.1. The van der Waals surface area contributed by atoms with Gasteiger partial charge in [-0.3, -0.25) is 4.79 Å². The standard InChI is InChI=1S/C11H17F2N5O/c1-3-4-18(6-9(19)15-2)11-8(13)5-7(12)10(16-11)17-14/h5H,3-4,6,14H2,1-2H3,(H,15,19)(H,16,17). The van der Waals surface area contributed by atoms with Gasteiger partial charge in [0, 0.05) is 19.7 Å². The van der Waals surface area contributed by atoms with Gasteiger partial charge < -0.3 is 15.6 Å². The molecular formula is C11H17F2N5O. The second-order valence-corrected chi connectivity index (χ2v) is 3.86. The van der Waals surface area contributed by atoms with Crippen LogP contribution in [-0.2, 0) is 4.79 Å². The fourth-order valence-corrected chi connectivity index (χ4v) is 1.56. The van der Waals surface area contributed by atoms with Gasteiger partial charge in [-0.05, 0) is 6.42 Å². The summed E-state index contributed by atoms with van der Waals surface area (Å²) in [7, 11) is 1.48. The van der Waals surface area contributed by atoms with E-state index >= 15 is 0 Å². The molecule has 19 heavy (non-hydrogen) atoms. The predicted octanol–water partition coefficient (Wildman–Crippen LogP) is 0.608. The van der Waals surface area contributed by atoms with Gasteiger partial charge in [0.1, 0.15) is 0 Å². The molecule has 6 nitrogen and oxygen atoms in total. The second-order valence-electron chi connectivity index (χ2n) is 3.86. The molecule has 0 unspecified atom stereocenters. The molecule has 0 atom stereocenters. The maximum atomic E-state index is 13.8. The summed E-state index contributed by atoms with van der Waals surface area (Å²) in [4.78, 5) is 16.6. The first-order valence-corrected chi connectivity index (χ1v) is 5.81. The summed E-state index contributed by atoms with van der Waals surface area (Å²) in [5.41, 5.74) is 2.05. The van der Waals surface area contributed by atoms with Gasteiger partial charge in [0.15, 0.2) is 23.3 Å². The molecule has 8 heteroatoms. The zero-order valence-electron chi connectivity index (χ0n) is 10.8. The summed E-state index contributed by atoms with van der Waals surface area (Å²) >= 11 is 0. The highest BCUT2D eigenvalue weighted by Gasteiger charge is 2.18. The Kier molecular flexibility index (Phi) is 5.43. The summed E-state index contributed by atoms with van der Waals surface area (Å²) in [5.74, 6) is 2.70. The third kappa shape index (κ3) is 3.75. The quantitative estimate of drug-likeness (QED) is 0.522. The van der Waals surface area contributed by atoms with Crippen LogP contribution in [0, 0.1) is 11.6 Å². The molecule has 0 fully saturated rings. The van der Waals surface area contributed by atoms with Gasteiger partial charge in [0.2, 0.25) is 5.91 Å². The molecule has 0 spiro atoms. The highest BCUT2D eigenvalue weighted by Crippen LogP contribution is 2.21. The third-order valence-electron chi connectivity index (χ3n) is 2.45. The van der Waals surface area contributed by atoms with E-state index in [9.17, 15) is 13.6 Å². The van der Waals surface area contributed by atoms with E-state index in [-0.39, 0.29) is 24.1 Å². The normalized spacial score (nSPS) is 10.2. The van der Waals surface area contributed by atoms with Crippen LogP contribution in [-0.4, -0.2) is 31.0 Å². The Labute approximate surface area is 110 Å². The summed E-state index contributed by atoms with van der Waals surface area (Å²) in [5, 5.41) is 2.44. The number of nitrogen functional groups attached to an aromatic ring is 1. The van der Waals surface area contributed by atoms with Crippen LogP contribution in [0.5, 0.6) is 0 Å². The number of aromatic nitrogens is 1. The maximum Gasteiger partial charge on any atom is 0.239 e. The number of carbonyl (C=O) groups is 1. The fraction of sp³-hybridized carbons (Fsp3) is 0.455. The molecule has 0 aliphatic carbocycles. The minimum absolute atomic E-state index is 0.0656. The second kappa shape index (κ2) is 6.83. The van der Waals surface area contributed by atoms with Crippen LogP contribution >= 0.6 is 0 Å². The molecule has 106 valence electrons. The minimum Gasteiger partial charge on any atom is -0.358 e. The van der Waals surface area contributed by atoms with Crippen LogP contribution in [0.25, 0.3) is 0 Å². The topological polar surface area (TPSA) is 83.3 Å². The Morgan fingerprint density at radius 2 is 2.16 bits per heavy atom. The third-order valence-corrected chi connectivity index (χ3v) is 2.45. The van der Waals surface area contributed by atoms with Crippen molar-refractivity contribution in [2.45, 2.75) is 13.3 Å². The Hall–Kier alpha value is -1.96. The maximum absolute atomic E-state index is 13.8. The van der Waals surface area contributed by atoms with Crippen molar-refractivity contribution < 1.29 is 13.6 Å². The van der Waals surface area contributed by atoms with Crippen LogP contribution in [0.1, 0.15) is 13.3 Å². The van der Waals surface area contributed by atoms with Gasteiger partial charge in [-0.1, -0.05) is 6.92 Å². The first-order chi connectivity index (χ1) is 9.03. The zero-order chi connectivity index (χ0) is 14.4. The minimum atomic E-state index is -0.889. The predicted molar refractivity (Wildman–Crippen MR) is 68.5 cm³/mol. The Bertz CT molecular complexity index is 455. The molecule has 1 aromatic heterocycles. The molecular weight excluding hydrogens is 256 g/mol. The number of hydrazine groups is 1. The van der Waals surface area contributed by atoms with Crippen molar-refractivity contribution in [3.8, 4) is 0 Å². The molecule has 1 rings (SSSR count). The van der Waals surface area contributed by atoms with Crippen LogP contribution in [0.4, 0.5) is 20.4 Å². The number of carbonyl (C=O) groups excluding carboxylic acids is 1. The molecule has 0 radical (unpaired) electrons. The average molecular weight is 273 g/mol. The van der Waals surface area contributed by atoms with Gasteiger partial charge in [-0.15, -0.1) is 0 Å². The summed E-state index contributed by atoms with van der Waals surface area (Å²) in [6.07, 6.45) is 0.681. The van der Waals surface area contributed by atoms with Crippen LogP contribution in [0.15, 0.2) is 6.07 Å². The monoisotopic (exact) mass is 273 g/mol. The van der Waals surface area contributed by atoms with E-state index in [0.29, 0.717) is 19.0 Å². The number of nitrogens with zero attached hydrogens (tertiary/aromatic N) is 2. The Balaban J connectivity index is 3.10. The number of hydrogen-bond acceptors (Lipinski definition) is 5. The lowest BCUT2D eigenvalue weighted by atomic mass is 10.3. The van der Waals surface area contributed by atoms with Crippen molar-refractivity contribution in [2.75, 3.05) is 30.5 Å². The lowest BCUT2D eigenvalue weighted by Crippen LogP contribution is -2.37. The first-order valence-electron chi connectivity index (χ1n) is 5.81. The van der Waals surface area contributed by atoms with Crippen molar-refractivity contribution >= 4 is 17.5 Å². The highest BCUT2D eigenvalue weighted by atomic mass is 19.1. The van der Waals surface area contributed by atoms with Gasteiger partial charge >= 0.3 is 0 Å². The van der Waals surface area contributed by atoms with Crippen molar-refractivity contribution in [1.82, 2.24) is 10.3 Å². The number of amides is 1. The number of pyridine rings is 1. The zero-order valence-corrected chi connectivity index (χ0v) is 10.8. The van der Waals surface area contributed by atoms with Crippen molar-refractivity contribution in [2.24, 2.45) is 5.84 Å². The van der Waals surface area contributed by atoms with E-state index in [4.69, 9.17) is 5.84 Å². The summed E-state index contributed by atoms with van der Waals surface area (Å²) in [6.45, 7) is 2.22. The number of halogens is 2.